The Balaban J connectivity index is 2.20. The van der Waals surface area contributed by atoms with Gasteiger partial charge >= 0.3 is 0 Å². The Labute approximate surface area is 117 Å². The van der Waals surface area contributed by atoms with Crippen molar-refractivity contribution < 1.29 is 4.39 Å². The highest BCUT2D eigenvalue weighted by molar-refractivity contribution is 7.09. The van der Waals surface area contributed by atoms with Gasteiger partial charge in [0.05, 0.1) is 10.7 Å². The molecule has 0 aliphatic carbocycles. The van der Waals surface area contributed by atoms with Gasteiger partial charge in [0.15, 0.2) is 0 Å². The third kappa shape index (κ3) is 3.39. The third-order valence-electron chi connectivity index (χ3n) is 3.02. The molecular formula is C15H19FN2S. The van der Waals surface area contributed by atoms with Crippen molar-refractivity contribution in [2.45, 2.75) is 39.2 Å². The van der Waals surface area contributed by atoms with E-state index in [0.717, 1.165) is 16.3 Å². The van der Waals surface area contributed by atoms with Gasteiger partial charge in [-0.15, -0.1) is 11.3 Å². The van der Waals surface area contributed by atoms with Crippen molar-refractivity contribution in [3.8, 4) is 0 Å². The molecule has 0 spiro atoms. The summed E-state index contributed by atoms with van der Waals surface area (Å²) < 4.78 is 13.9. The predicted molar refractivity (Wildman–Crippen MR) is 77.9 cm³/mol. The summed E-state index contributed by atoms with van der Waals surface area (Å²) in [7, 11) is 0. The van der Waals surface area contributed by atoms with Gasteiger partial charge in [0, 0.05) is 23.8 Å². The van der Waals surface area contributed by atoms with Gasteiger partial charge in [0.1, 0.15) is 5.82 Å². The molecular weight excluding hydrogens is 259 g/mol. The SMILES string of the molecule is CC(C)(C)c1csc(Cc2ccc(CN)cc2F)n1. The van der Waals surface area contributed by atoms with Crippen LogP contribution in [0.4, 0.5) is 4.39 Å². The van der Waals surface area contributed by atoms with Crippen LogP contribution in [0.15, 0.2) is 23.6 Å². The fourth-order valence-electron chi connectivity index (χ4n) is 1.76. The number of hydrogen-bond acceptors (Lipinski definition) is 3. The highest BCUT2D eigenvalue weighted by atomic mass is 32.1. The van der Waals surface area contributed by atoms with E-state index in [4.69, 9.17) is 5.73 Å². The molecule has 0 unspecified atom stereocenters. The minimum atomic E-state index is -0.199. The standard InChI is InChI=1S/C15H19FN2S/c1-15(2,3)13-9-19-14(18-13)7-11-5-4-10(8-17)6-12(11)16/h4-6,9H,7-8,17H2,1-3H3. The normalized spacial score (nSPS) is 11.8. The van der Waals surface area contributed by atoms with E-state index >= 15 is 0 Å². The molecule has 2 aromatic rings. The van der Waals surface area contributed by atoms with Crippen LogP contribution < -0.4 is 5.73 Å². The van der Waals surface area contributed by atoms with Crippen LogP contribution in [-0.2, 0) is 18.4 Å². The van der Waals surface area contributed by atoms with E-state index in [1.54, 1.807) is 17.4 Å². The Kier molecular flexibility index (Phi) is 4.02. The van der Waals surface area contributed by atoms with Gasteiger partial charge in [-0.25, -0.2) is 9.37 Å². The first-order valence-corrected chi connectivity index (χ1v) is 7.20. The van der Waals surface area contributed by atoms with E-state index < -0.39 is 0 Å². The van der Waals surface area contributed by atoms with Crippen LogP contribution in [0, 0.1) is 5.82 Å². The molecule has 4 heteroatoms. The van der Waals surface area contributed by atoms with E-state index in [0.29, 0.717) is 18.5 Å². The van der Waals surface area contributed by atoms with Gasteiger partial charge in [0.25, 0.3) is 0 Å². The van der Waals surface area contributed by atoms with Crippen LogP contribution in [0.5, 0.6) is 0 Å². The minimum absolute atomic E-state index is 0.0384. The Morgan fingerprint density at radius 1 is 1.32 bits per heavy atom. The Bertz CT molecular complexity index is 570. The molecule has 0 radical (unpaired) electrons. The van der Waals surface area contributed by atoms with Crippen LogP contribution in [0.3, 0.4) is 0 Å². The summed E-state index contributed by atoms with van der Waals surface area (Å²) in [5.74, 6) is -0.199. The summed E-state index contributed by atoms with van der Waals surface area (Å²) in [6.45, 7) is 6.75. The molecule has 19 heavy (non-hydrogen) atoms. The van der Waals surface area contributed by atoms with E-state index in [-0.39, 0.29) is 11.2 Å². The van der Waals surface area contributed by atoms with Crippen molar-refractivity contribution >= 4 is 11.3 Å². The summed E-state index contributed by atoms with van der Waals surface area (Å²) in [6, 6.07) is 5.18. The summed E-state index contributed by atoms with van der Waals surface area (Å²) in [5.41, 5.74) is 8.08. The van der Waals surface area contributed by atoms with Gasteiger partial charge in [0.2, 0.25) is 0 Å². The van der Waals surface area contributed by atoms with Gasteiger partial charge in [-0.05, 0) is 17.2 Å². The van der Waals surface area contributed by atoms with Gasteiger partial charge in [-0.1, -0.05) is 32.9 Å². The molecule has 0 aliphatic heterocycles. The largest absolute Gasteiger partial charge is 0.326 e. The van der Waals surface area contributed by atoms with Crippen molar-refractivity contribution in [3.63, 3.8) is 0 Å². The molecule has 0 fully saturated rings. The zero-order chi connectivity index (χ0) is 14.0. The Morgan fingerprint density at radius 2 is 2.05 bits per heavy atom. The van der Waals surface area contributed by atoms with Gasteiger partial charge < -0.3 is 5.73 Å². The maximum absolute atomic E-state index is 13.9. The summed E-state index contributed by atoms with van der Waals surface area (Å²) in [4.78, 5) is 4.59. The fourth-order valence-corrected chi connectivity index (χ4v) is 2.80. The molecule has 1 aromatic carbocycles. The Morgan fingerprint density at radius 3 is 2.58 bits per heavy atom. The second-order valence-corrected chi connectivity index (χ2v) is 6.63. The van der Waals surface area contributed by atoms with Gasteiger partial charge in [-0.3, -0.25) is 0 Å². The lowest BCUT2D eigenvalue weighted by Crippen LogP contribution is -2.11. The van der Waals surface area contributed by atoms with E-state index in [2.05, 4.69) is 31.1 Å². The fraction of sp³-hybridized carbons (Fsp3) is 0.400. The topological polar surface area (TPSA) is 38.9 Å². The Hall–Kier alpha value is -1.26. The van der Waals surface area contributed by atoms with Crippen LogP contribution in [0.1, 0.15) is 42.6 Å². The maximum Gasteiger partial charge on any atom is 0.127 e. The van der Waals surface area contributed by atoms with Crippen LogP contribution in [0.2, 0.25) is 0 Å². The second-order valence-electron chi connectivity index (χ2n) is 5.68. The summed E-state index contributed by atoms with van der Waals surface area (Å²) in [5, 5.41) is 3.01. The first kappa shape index (κ1) is 14.2. The lowest BCUT2D eigenvalue weighted by atomic mass is 9.93. The number of rotatable bonds is 3. The van der Waals surface area contributed by atoms with Crippen molar-refractivity contribution in [3.05, 3.63) is 51.2 Å². The number of benzene rings is 1. The average molecular weight is 278 g/mol. The summed E-state index contributed by atoms with van der Waals surface area (Å²) >= 11 is 1.59. The molecule has 0 aliphatic rings. The molecule has 0 atom stereocenters. The van der Waals surface area contributed by atoms with Crippen LogP contribution in [0.25, 0.3) is 0 Å². The molecule has 0 saturated carbocycles. The molecule has 1 heterocycles. The van der Waals surface area contributed by atoms with Crippen molar-refractivity contribution in [2.75, 3.05) is 0 Å². The van der Waals surface area contributed by atoms with E-state index in [9.17, 15) is 4.39 Å². The van der Waals surface area contributed by atoms with E-state index in [1.807, 2.05) is 6.07 Å². The molecule has 1 aromatic heterocycles. The number of aromatic nitrogens is 1. The molecule has 102 valence electrons. The molecule has 2 rings (SSSR count). The van der Waals surface area contributed by atoms with Crippen LogP contribution >= 0.6 is 11.3 Å². The average Bonchev–Trinajstić information content (AvgIpc) is 2.80. The minimum Gasteiger partial charge on any atom is -0.326 e. The zero-order valence-corrected chi connectivity index (χ0v) is 12.4. The highest BCUT2D eigenvalue weighted by Crippen LogP contribution is 2.25. The quantitative estimate of drug-likeness (QED) is 0.931. The first-order valence-electron chi connectivity index (χ1n) is 6.32. The van der Waals surface area contributed by atoms with Crippen molar-refractivity contribution in [1.82, 2.24) is 4.98 Å². The second kappa shape index (κ2) is 5.39. The van der Waals surface area contributed by atoms with Crippen LogP contribution in [-0.4, -0.2) is 4.98 Å². The first-order chi connectivity index (χ1) is 8.90. The number of halogens is 1. The molecule has 2 nitrogen and oxygen atoms in total. The lowest BCUT2D eigenvalue weighted by Gasteiger charge is -2.14. The van der Waals surface area contributed by atoms with Crippen molar-refractivity contribution in [2.24, 2.45) is 5.73 Å². The predicted octanol–water partition coefficient (Wildman–Crippen LogP) is 3.63. The number of nitrogens with two attached hydrogens (primary N) is 1. The lowest BCUT2D eigenvalue weighted by molar-refractivity contribution is 0.570. The molecule has 0 saturated heterocycles. The molecule has 0 bridgehead atoms. The highest BCUT2D eigenvalue weighted by Gasteiger charge is 2.17. The number of hydrogen-bond donors (Lipinski definition) is 1. The smallest absolute Gasteiger partial charge is 0.127 e. The monoisotopic (exact) mass is 278 g/mol. The number of nitrogens with zero attached hydrogens (tertiary/aromatic N) is 1. The molecule has 0 amide bonds. The third-order valence-corrected chi connectivity index (χ3v) is 3.86. The summed E-state index contributed by atoms with van der Waals surface area (Å²) in [6.07, 6.45) is 0.539. The van der Waals surface area contributed by atoms with Gasteiger partial charge in [-0.2, -0.15) is 0 Å². The van der Waals surface area contributed by atoms with Crippen molar-refractivity contribution in [1.29, 1.82) is 0 Å². The maximum atomic E-state index is 13.9. The number of thiazole rings is 1. The zero-order valence-electron chi connectivity index (χ0n) is 11.5. The molecule has 2 N–H and O–H groups in total. The van der Waals surface area contributed by atoms with E-state index in [1.165, 1.54) is 6.07 Å².